The van der Waals surface area contributed by atoms with Crippen molar-refractivity contribution in [3.05, 3.63) is 66.7 Å². The van der Waals surface area contributed by atoms with Gasteiger partial charge in [0.15, 0.2) is 0 Å². The van der Waals surface area contributed by atoms with Crippen LogP contribution in [0, 0.1) is 0 Å². The summed E-state index contributed by atoms with van der Waals surface area (Å²) in [6.07, 6.45) is 7.00. The topological polar surface area (TPSA) is 17.8 Å². The lowest BCUT2D eigenvalue weighted by atomic mass is 10.0. The number of nitrogens with zero attached hydrogens (tertiary/aromatic N) is 2. The van der Waals surface area contributed by atoms with Gasteiger partial charge in [-0.2, -0.15) is 11.8 Å². The van der Waals surface area contributed by atoms with Gasteiger partial charge in [-0.15, -0.1) is 0 Å². The predicted molar refractivity (Wildman–Crippen MR) is 91.7 cm³/mol. The third-order valence-electron chi connectivity index (χ3n) is 3.60. The van der Waals surface area contributed by atoms with Crippen molar-refractivity contribution >= 4 is 22.5 Å². The monoisotopic (exact) mass is 296 g/mol. The van der Waals surface area contributed by atoms with Gasteiger partial charge in [0.1, 0.15) is 0 Å². The van der Waals surface area contributed by atoms with Crippen molar-refractivity contribution in [2.45, 2.75) is 25.1 Å². The lowest BCUT2D eigenvalue weighted by Gasteiger charge is -2.18. The smallest absolute Gasteiger partial charge is 0.0946 e. The van der Waals surface area contributed by atoms with Gasteiger partial charge in [-0.25, -0.2) is 4.98 Å². The van der Waals surface area contributed by atoms with Gasteiger partial charge in [-0.05, 0) is 34.6 Å². The number of imidazole rings is 1. The molecule has 0 aliphatic carbocycles. The quantitative estimate of drug-likeness (QED) is 0.642. The Hall–Kier alpha value is -1.74. The molecule has 0 saturated carbocycles. The SMILES string of the molecule is CCCSC(Cn1ccnc1)c1ccc2ccccc2c1. The molecular weight excluding hydrogens is 276 g/mol. The van der Waals surface area contributed by atoms with E-state index in [2.05, 4.69) is 58.9 Å². The van der Waals surface area contributed by atoms with Crippen LogP contribution in [-0.2, 0) is 6.54 Å². The first kappa shape index (κ1) is 14.2. The molecule has 1 unspecified atom stereocenters. The van der Waals surface area contributed by atoms with Crippen LogP contribution in [0.15, 0.2) is 61.2 Å². The minimum atomic E-state index is 0.476. The summed E-state index contributed by atoms with van der Waals surface area (Å²) in [5.74, 6) is 1.19. The molecule has 3 aromatic rings. The van der Waals surface area contributed by atoms with E-state index in [1.165, 1.54) is 28.5 Å². The van der Waals surface area contributed by atoms with E-state index in [-0.39, 0.29) is 0 Å². The number of hydrogen-bond acceptors (Lipinski definition) is 2. The molecule has 0 amide bonds. The van der Waals surface area contributed by atoms with Crippen LogP contribution in [0.1, 0.15) is 24.2 Å². The van der Waals surface area contributed by atoms with Crippen LogP contribution >= 0.6 is 11.8 Å². The normalized spacial score (nSPS) is 12.6. The maximum atomic E-state index is 4.15. The van der Waals surface area contributed by atoms with Gasteiger partial charge < -0.3 is 4.57 Å². The summed E-state index contributed by atoms with van der Waals surface area (Å²) in [6.45, 7) is 3.21. The van der Waals surface area contributed by atoms with E-state index in [1.807, 2.05) is 30.5 Å². The Morgan fingerprint density at radius 3 is 2.76 bits per heavy atom. The molecule has 2 aromatic carbocycles. The van der Waals surface area contributed by atoms with E-state index in [1.54, 1.807) is 0 Å². The third kappa shape index (κ3) is 3.48. The number of rotatable bonds is 6. The second-order valence-corrected chi connectivity index (χ2v) is 6.54. The first-order valence-corrected chi connectivity index (χ1v) is 8.47. The summed E-state index contributed by atoms with van der Waals surface area (Å²) in [7, 11) is 0. The Morgan fingerprint density at radius 1 is 1.14 bits per heavy atom. The summed E-state index contributed by atoms with van der Waals surface area (Å²) in [6, 6.07) is 15.4. The van der Waals surface area contributed by atoms with Crippen LogP contribution in [0.3, 0.4) is 0 Å². The van der Waals surface area contributed by atoms with E-state index >= 15 is 0 Å². The van der Waals surface area contributed by atoms with Crippen molar-refractivity contribution in [3.63, 3.8) is 0 Å². The predicted octanol–water partition coefficient (Wildman–Crippen LogP) is 4.92. The van der Waals surface area contributed by atoms with Crippen molar-refractivity contribution in [2.24, 2.45) is 0 Å². The van der Waals surface area contributed by atoms with Crippen LogP contribution in [0.4, 0.5) is 0 Å². The number of fused-ring (bicyclic) bond motifs is 1. The zero-order valence-electron chi connectivity index (χ0n) is 12.3. The standard InChI is InChI=1S/C18H20N2S/c1-2-11-21-18(13-20-10-9-19-14-20)17-8-7-15-5-3-4-6-16(15)12-17/h3-10,12,14,18H,2,11,13H2,1H3. The summed E-state index contributed by atoms with van der Waals surface area (Å²) in [5.41, 5.74) is 1.40. The van der Waals surface area contributed by atoms with Crippen molar-refractivity contribution in [1.82, 2.24) is 9.55 Å². The summed E-state index contributed by atoms with van der Waals surface area (Å²) >= 11 is 2.03. The number of aromatic nitrogens is 2. The minimum Gasteiger partial charge on any atom is -0.336 e. The molecule has 0 aliphatic heterocycles. The average Bonchev–Trinajstić information content (AvgIpc) is 3.04. The van der Waals surface area contributed by atoms with E-state index in [9.17, 15) is 0 Å². The highest BCUT2D eigenvalue weighted by atomic mass is 32.2. The molecule has 3 rings (SSSR count). The highest BCUT2D eigenvalue weighted by Crippen LogP contribution is 2.32. The summed E-state index contributed by atoms with van der Waals surface area (Å²) in [5, 5.41) is 3.11. The van der Waals surface area contributed by atoms with Crippen LogP contribution in [-0.4, -0.2) is 15.3 Å². The fraction of sp³-hybridized carbons (Fsp3) is 0.278. The Bertz CT molecular complexity index is 691. The molecule has 0 bridgehead atoms. The van der Waals surface area contributed by atoms with Gasteiger partial charge in [0, 0.05) is 24.2 Å². The van der Waals surface area contributed by atoms with Crippen molar-refractivity contribution < 1.29 is 0 Å². The molecule has 0 saturated heterocycles. The van der Waals surface area contributed by atoms with Crippen LogP contribution in [0.5, 0.6) is 0 Å². The second kappa shape index (κ2) is 6.81. The molecule has 0 fully saturated rings. The number of hydrogen-bond donors (Lipinski definition) is 0. The molecule has 108 valence electrons. The first-order valence-electron chi connectivity index (χ1n) is 7.43. The molecule has 0 N–H and O–H groups in total. The first-order chi connectivity index (χ1) is 10.4. The third-order valence-corrected chi connectivity index (χ3v) is 5.07. The fourth-order valence-electron chi connectivity index (χ4n) is 2.51. The zero-order chi connectivity index (χ0) is 14.5. The van der Waals surface area contributed by atoms with Crippen molar-refractivity contribution in [3.8, 4) is 0 Å². The van der Waals surface area contributed by atoms with Gasteiger partial charge in [-0.1, -0.05) is 43.3 Å². The van der Waals surface area contributed by atoms with Crippen LogP contribution in [0.25, 0.3) is 10.8 Å². The fourth-order valence-corrected chi connectivity index (χ4v) is 3.65. The molecule has 21 heavy (non-hydrogen) atoms. The average molecular weight is 296 g/mol. The van der Waals surface area contributed by atoms with Gasteiger partial charge >= 0.3 is 0 Å². The second-order valence-electron chi connectivity index (χ2n) is 5.23. The van der Waals surface area contributed by atoms with Crippen LogP contribution in [0.2, 0.25) is 0 Å². The molecule has 0 aliphatic rings. The minimum absolute atomic E-state index is 0.476. The molecule has 1 atom stereocenters. The van der Waals surface area contributed by atoms with Crippen LogP contribution < -0.4 is 0 Å². The molecular formula is C18H20N2S. The Kier molecular flexibility index (Phi) is 4.61. The lowest BCUT2D eigenvalue weighted by Crippen LogP contribution is -2.05. The Balaban J connectivity index is 1.89. The highest BCUT2D eigenvalue weighted by Gasteiger charge is 2.13. The maximum Gasteiger partial charge on any atom is 0.0946 e. The Morgan fingerprint density at radius 2 is 2.00 bits per heavy atom. The van der Waals surface area contributed by atoms with E-state index in [4.69, 9.17) is 0 Å². The number of benzene rings is 2. The largest absolute Gasteiger partial charge is 0.336 e. The molecule has 2 nitrogen and oxygen atoms in total. The molecule has 1 heterocycles. The lowest BCUT2D eigenvalue weighted by molar-refractivity contribution is 0.683. The van der Waals surface area contributed by atoms with E-state index in [0.717, 1.165) is 6.54 Å². The number of thioether (sulfide) groups is 1. The molecule has 0 radical (unpaired) electrons. The molecule has 1 aromatic heterocycles. The summed E-state index contributed by atoms with van der Waals surface area (Å²) in [4.78, 5) is 4.15. The summed E-state index contributed by atoms with van der Waals surface area (Å²) < 4.78 is 2.17. The Labute approximate surface area is 130 Å². The van der Waals surface area contributed by atoms with E-state index < -0.39 is 0 Å². The van der Waals surface area contributed by atoms with Crippen molar-refractivity contribution in [1.29, 1.82) is 0 Å². The highest BCUT2D eigenvalue weighted by molar-refractivity contribution is 7.99. The molecule has 0 spiro atoms. The molecule has 3 heteroatoms. The van der Waals surface area contributed by atoms with Gasteiger partial charge in [0.2, 0.25) is 0 Å². The van der Waals surface area contributed by atoms with Gasteiger partial charge in [0.25, 0.3) is 0 Å². The van der Waals surface area contributed by atoms with Gasteiger partial charge in [-0.3, -0.25) is 0 Å². The maximum absolute atomic E-state index is 4.15. The zero-order valence-corrected chi connectivity index (χ0v) is 13.1. The van der Waals surface area contributed by atoms with Crippen molar-refractivity contribution in [2.75, 3.05) is 5.75 Å². The van der Waals surface area contributed by atoms with E-state index in [0.29, 0.717) is 5.25 Å². The van der Waals surface area contributed by atoms with Gasteiger partial charge in [0.05, 0.1) is 6.33 Å².